The number of hydrogen-bond donors (Lipinski definition) is 2. The summed E-state index contributed by atoms with van der Waals surface area (Å²) in [6, 6.07) is 4.87. The van der Waals surface area contributed by atoms with Crippen molar-refractivity contribution in [2.75, 3.05) is 6.54 Å². The van der Waals surface area contributed by atoms with Crippen molar-refractivity contribution in [3.8, 4) is 0 Å². The summed E-state index contributed by atoms with van der Waals surface area (Å²) in [5.41, 5.74) is 1.01. The second-order valence-corrected chi connectivity index (χ2v) is 6.92. The Kier molecular flexibility index (Phi) is 3.40. The monoisotopic (exact) mass is 283 g/mol. The van der Waals surface area contributed by atoms with Gasteiger partial charge in [-0.15, -0.1) is 0 Å². The minimum absolute atomic E-state index is 0.0441. The third-order valence-corrected chi connectivity index (χ3v) is 5.10. The van der Waals surface area contributed by atoms with Gasteiger partial charge in [-0.2, -0.15) is 0 Å². The summed E-state index contributed by atoms with van der Waals surface area (Å²) in [6.45, 7) is 3.70. The normalized spacial score (nSPS) is 17.2. The molecule has 2 rings (SSSR count). The summed E-state index contributed by atoms with van der Waals surface area (Å²) in [5, 5.41) is 9.02. The molecule has 1 aromatic carbocycles. The summed E-state index contributed by atoms with van der Waals surface area (Å²) in [7, 11) is -3.64. The summed E-state index contributed by atoms with van der Waals surface area (Å²) in [4.78, 5) is 11.2. The van der Waals surface area contributed by atoms with Crippen LogP contribution >= 0.6 is 0 Å². The van der Waals surface area contributed by atoms with E-state index in [1.165, 1.54) is 6.07 Å². The molecule has 104 valence electrons. The van der Waals surface area contributed by atoms with E-state index in [2.05, 4.69) is 4.72 Å². The Balaban J connectivity index is 2.14. The van der Waals surface area contributed by atoms with Gasteiger partial charge in [-0.05, 0) is 49.9 Å². The van der Waals surface area contributed by atoms with Crippen LogP contribution in [-0.2, 0) is 14.8 Å². The molecule has 0 saturated heterocycles. The number of aliphatic carboxylic acids is 1. The number of benzene rings is 1. The molecule has 0 atom stereocenters. The third-order valence-electron chi connectivity index (χ3n) is 3.70. The number of carbonyl (C=O) groups is 1. The van der Waals surface area contributed by atoms with Crippen molar-refractivity contribution in [2.24, 2.45) is 5.41 Å². The van der Waals surface area contributed by atoms with E-state index in [4.69, 9.17) is 5.11 Å². The first kappa shape index (κ1) is 14.0. The van der Waals surface area contributed by atoms with Crippen molar-refractivity contribution in [3.05, 3.63) is 29.3 Å². The molecule has 1 aromatic rings. The van der Waals surface area contributed by atoms with Crippen molar-refractivity contribution in [1.29, 1.82) is 0 Å². The van der Waals surface area contributed by atoms with Crippen molar-refractivity contribution in [2.45, 2.75) is 31.6 Å². The van der Waals surface area contributed by atoms with Crippen LogP contribution in [0, 0.1) is 19.3 Å². The lowest BCUT2D eigenvalue weighted by atomic mass is 10.1. The van der Waals surface area contributed by atoms with Crippen LogP contribution < -0.4 is 4.72 Å². The first-order chi connectivity index (χ1) is 8.77. The Morgan fingerprint density at radius 3 is 2.42 bits per heavy atom. The van der Waals surface area contributed by atoms with Crippen LogP contribution in [-0.4, -0.2) is 26.0 Å². The van der Waals surface area contributed by atoms with Gasteiger partial charge in [-0.25, -0.2) is 13.1 Å². The maximum absolute atomic E-state index is 12.1. The summed E-state index contributed by atoms with van der Waals surface area (Å²) >= 11 is 0. The van der Waals surface area contributed by atoms with Gasteiger partial charge in [0.2, 0.25) is 10.0 Å². The Morgan fingerprint density at radius 2 is 1.95 bits per heavy atom. The van der Waals surface area contributed by atoms with Crippen molar-refractivity contribution in [1.82, 2.24) is 4.72 Å². The standard InChI is InChI=1S/C13H17NO4S/c1-9-3-4-11(7-10(9)2)19(17,18)14-8-13(5-6-13)12(15)16/h3-4,7,14H,5-6,8H2,1-2H3,(H,15,16). The third kappa shape index (κ3) is 2.79. The van der Waals surface area contributed by atoms with Crippen molar-refractivity contribution < 1.29 is 18.3 Å². The first-order valence-corrected chi connectivity index (χ1v) is 7.55. The Hall–Kier alpha value is -1.40. The van der Waals surface area contributed by atoms with Gasteiger partial charge < -0.3 is 5.11 Å². The second-order valence-electron chi connectivity index (χ2n) is 5.16. The topological polar surface area (TPSA) is 83.5 Å². The maximum atomic E-state index is 12.1. The van der Waals surface area contributed by atoms with E-state index in [1.807, 2.05) is 13.8 Å². The molecule has 0 aromatic heterocycles. The molecule has 19 heavy (non-hydrogen) atoms. The van der Waals surface area contributed by atoms with Crippen LogP contribution in [0.15, 0.2) is 23.1 Å². The van der Waals surface area contributed by atoms with E-state index in [0.29, 0.717) is 12.8 Å². The minimum Gasteiger partial charge on any atom is -0.481 e. The zero-order valence-corrected chi connectivity index (χ0v) is 11.8. The zero-order valence-electron chi connectivity index (χ0n) is 10.9. The highest BCUT2D eigenvalue weighted by Gasteiger charge is 2.50. The minimum atomic E-state index is -3.64. The molecule has 6 heteroatoms. The molecule has 1 fully saturated rings. The van der Waals surface area contributed by atoms with E-state index >= 15 is 0 Å². The smallest absolute Gasteiger partial charge is 0.310 e. The fourth-order valence-corrected chi connectivity index (χ4v) is 3.03. The molecule has 1 aliphatic rings. The largest absolute Gasteiger partial charge is 0.481 e. The zero-order chi connectivity index (χ0) is 14.3. The highest BCUT2D eigenvalue weighted by Crippen LogP contribution is 2.45. The van der Waals surface area contributed by atoms with Gasteiger partial charge in [0.1, 0.15) is 0 Å². The van der Waals surface area contributed by atoms with Crippen molar-refractivity contribution >= 4 is 16.0 Å². The number of carboxylic acids is 1. The van der Waals surface area contributed by atoms with Gasteiger partial charge in [-0.3, -0.25) is 4.79 Å². The number of carboxylic acid groups (broad SMARTS) is 1. The van der Waals surface area contributed by atoms with Gasteiger partial charge in [0.15, 0.2) is 0 Å². The highest BCUT2D eigenvalue weighted by molar-refractivity contribution is 7.89. The summed E-state index contributed by atoms with van der Waals surface area (Å²) in [5.74, 6) is -0.935. The number of rotatable bonds is 5. The molecule has 2 N–H and O–H groups in total. The van der Waals surface area contributed by atoms with E-state index < -0.39 is 21.4 Å². The molecular weight excluding hydrogens is 266 g/mol. The lowest BCUT2D eigenvalue weighted by molar-refractivity contribution is -0.143. The Morgan fingerprint density at radius 1 is 1.32 bits per heavy atom. The van der Waals surface area contributed by atoms with E-state index in [-0.39, 0.29) is 11.4 Å². The number of nitrogens with one attached hydrogen (secondary N) is 1. The average Bonchev–Trinajstić information content (AvgIpc) is 3.11. The Bertz CT molecular complexity index is 618. The maximum Gasteiger partial charge on any atom is 0.310 e. The molecule has 0 spiro atoms. The van der Waals surface area contributed by atoms with Gasteiger partial charge in [0.05, 0.1) is 10.3 Å². The lowest BCUT2D eigenvalue weighted by Crippen LogP contribution is -2.34. The number of sulfonamides is 1. The number of hydrogen-bond acceptors (Lipinski definition) is 3. The molecule has 0 bridgehead atoms. The first-order valence-electron chi connectivity index (χ1n) is 6.07. The molecule has 1 saturated carbocycles. The molecule has 0 heterocycles. The molecule has 0 unspecified atom stereocenters. The predicted octanol–water partition coefficient (Wildman–Crippen LogP) is 1.45. The molecule has 0 aliphatic heterocycles. The quantitative estimate of drug-likeness (QED) is 0.856. The van der Waals surface area contributed by atoms with Crippen LogP contribution in [0.1, 0.15) is 24.0 Å². The second kappa shape index (κ2) is 4.61. The van der Waals surface area contributed by atoms with E-state index in [9.17, 15) is 13.2 Å². The van der Waals surface area contributed by atoms with Gasteiger partial charge in [0, 0.05) is 6.54 Å². The van der Waals surface area contributed by atoms with Crippen LogP contribution in [0.4, 0.5) is 0 Å². The number of aryl methyl sites for hydroxylation is 2. The fraction of sp³-hybridized carbons (Fsp3) is 0.462. The van der Waals surface area contributed by atoms with Crippen molar-refractivity contribution in [3.63, 3.8) is 0 Å². The van der Waals surface area contributed by atoms with Crippen LogP contribution in [0.2, 0.25) is 0 Å². The SMILES string of the molecule is Cc1ccc(S(=O)(=O)NCC2(C(=O)O)CC2)cc1C. The van der Waals surface area contributed by atoms with E-state index in [1.54, 1.807) is 12.1 Å². The molecule has 5 nitrogen and oxygen atoms in total. The lowest BCUT2D eigenvalue weighted by Gasteiger charge is -2.12. The summed E-state index contributed by atoms with van der Waals surface area (Å²) < 4.78 is 26.6. The van der Waals surface area contributed by atoms with Crippen LogP contribution in [0.25, 0.3) is 0 Å². The average molecular weight is 283 g/mol. The predicted molar refractivity (Wildman–Crippen MR) is 70.4 cm³/mol. The molecule has 0 radical (unpaired) electrons. The Labute approximate surface area is 112 Å². The van der Waals surface area contributed by atoms with Crippen LogP contribution in [0.5, 0.6) is 0 Å². The molecule has 1 aliphatic carbocycles. The van der Waals surface area contributed by atoms with Crippen LogP contribution in [0.3, 0.4) is 0 Å². The molecule has 0 amide bonds. The van der Waals surface area contributed by atoms with Gasteiger partial charge >= 0.3 is 5.97 Å². The highest BCUT2D eigenvalue weighted by atomic mass is 32.2. The summed E-state index contributed by atoms with van der Waals surface area (Å²) in [6.07, 6.45) is 1.05. The van der Waals surface area contributed by atoms with Gasteiger partial charge in [-0.1, -0.05) is 6.07 Å². The fourth-order valence-electron chi connectivity index (χ4n) is 1.81. The van der Waals surface area contributed by atoms with Gasteiger partial charge in [0.25, 0.3) is 0 Å². The van der Waals surface area contributed by atoms with E-state index in [0.717, 1.165) is 11.1 Å². The molecular formula is C13H17NO4S.